The van der Waals surface area contributed by atoms with Crippen LogP contribution < -0.4 is 0 Å². The Hall–Kier alpha value is -3.43. The standard InChI is InChI=1S/C21H11Cl2F3N6/c22-13-6-9-16(23)15(11-13)18-19(31-10-2-1-3-17(31)27-18)20-28-29-30-32(20)14-7-4-12(5-8-14)21(24,25)26/h1-11H. The third kappa shape index (κ3) is 3.49. The zero-order chi connectivity index (χ0) is 22.5. The molecule has 0 spiro atoms. The number of benzene rings is 2. The third-order valence-corrected chi connectivity index (χ3v) is 5.40. The van der Waals surface area contributed by atoms with Gasteiger partial charge in [0.15, 0.2) is 0 Å². The molecule has 3 aromatic heterocycles. The Balaban J connectivity index is 1.74. The Kier molecular flexibility index (Phi) is 4.87. The highest BCUT2D eigenvalue weighted by Crippen LogP contribution is 2.37. The number of fused-ring (bicyclic) bond motifs is 1. The molecule has 32 heavy (non-hydrogen) atoms. The van der Waals surface area contributed by atoms with Crippen LogP contribution in [0.2, 0.25) is 10.0 Å². The Bertz CT molecular complexity index is 1440. The Morgan fingerprint density at radius 1 is 0.906 bits per heavy atom. The lowest BCUT2D eigenvalue weighted by Gasteiger charge is -2.10. The molecule has 2 aromatic carbocycles. The maximum absolute atomic E-state index is 13.0. The van der Waals surface area contributed by atoms with Crippen LogP contribution in [0.5, 0.6) is 0 Å². The molecular formula is C21H11Cl2F3N6. The van der Waals surface area contributed by atoms with E-state index in [0.29, 0.717) is 38.3 Å². The average molecular weight is 475 g/mol. The van der Waals surface area contributed by atoms with Gasteiger partial charge in [0, 0.05) is 16.8 Å². The van der Waals surface area contributed by atoms with Crippen LogP contribution in [-0.4, -0.2) is 29.6 Å². The maximum Gasteiger partial charge on any atom is 0.416 e. The first-order chi connectivity index (χ1) is 15.3. The molecule has 0 atom stereocenters. The summed E-state index contributed by atoms with van der Waals surface area (Å²) >= 11 is 12.6. The predicted octanol–water partition coefficient (Wildman–Crippen LogP) is 5.97. The van der Waals surface area contributed by atoms with Gasteiger partial charge in [-0.1, -0.05) is 29.3 Å². The van der Waals surface area contributed by atoms with Gasteiger partial charge in [-0.15, -0.1) is 5.10 Å². The van der Waals surface area contributed by atoms with Gasteiger partial charge in [-0.2, -0.15) is 17.9 Å². The van der Waals surface area contributed by atoms with Crippen molar-refractivity contribution in [2.24, 2.45) is 0 Å². The lowest BCUT2D eigenvalue weighted by molar-refractivity contribution is -0.137. The van der Waals surface area contributed by atoms with E-state index in [1.165, 1.54) is 16.8 Å². The number of tetrazole rings is 1. The number of aromatic nitrogens is 6. The van der Waals surface area contributed by atoms with Crippen LogP contribution in [0.25, 0.3) is 34.1 Å². The van der Waals surface area contributed by atoms with E-state index in [-0.39, 0.29) is 5.82 Å². The Morgan fingerprint density at radius 2 is 1.69 bits per heavy atom. The second-order valence-electron chi connectivity index (χ2n) is 6.82. The fourth-order valence-electron chi connectivity index (χ4n) is 3.38. The number of imidazole rings is 1. The fourth-order valence-corrected chi connectivity index (χ4v) is 3.76. The summed E-state index contributed by atoms with van der Waals surface area (Å²) < 4.78 is 42.0. The van der Waals surface area contributed by atoms with E-state index < -0.39 is 11.7 Å². The number of pyridine rings is 1. The minimum absolute atomic E-state index is 0.273. The number of nitrogens with zero attached hydrogens (tertiary/aromatic N) is 6. The van der Waals surface area contributed by atoms with Crippen molar-refractivity contribution in [1.82, 2.24) is 29.6 Å². The molecule has 3 heterocycles. The van der Waals surface area contributed by atoms with Gasteiger partial charge in [-0.25, -0.2) is 4.98 Å². The highest BCUT2D eigenvalue weighted by Gasteiger charge is 2.30. The van der Waals surface area contributed by atoms with Gasteiger partial charge in [-0.3, -0.25) is 4.40 Å². The monoisotopic (exact) mass is 474 g/mol. The highest BCUT2D eigenvalue weighted by atomic mass is 35.5. The maximum atomic E-state index is 13.0. The molecule has 0 amide bonds. The van der Waals surface area contributed by atoms with Gasteiger partial charge in [0.1, 0.15) is 17.0 Å². The molecule has 0 aliphatic carbocycles. The Morgan fingerprint density at radius 3 is 2.44 bits per heavy atom. The van der Waals surface area contributed by atoms with Gasteiger partial charge >= 0.3 is 6.18 Å². The van der Waals surface area contributed by atoms with Gasteiger partial charge in [0.25, 0.3) is 0 Å². The summed E-state index contributed by atoms with van der Waals surface area (Å²) in [5.74, 6) is 0.273. The SMILES string of the molecule is FC(F)(F)c1ccc(-n2nnnc2-c2c(-c3cc(Cl)ccc3Cl)nc3ccccn23)cc1. The summed E-state index contributed by atoms with van der Waals surface area (Å²) in [6.45, 7) is 0. The van der Waals surface area contributed by atoms with E-state index in [9.17, 15) is 13.2 Å². The van der Waals surface area contributed by atoms with Crippen LogP contribution in [-0.2, 0) is 6.18 Å². The normalized spacial score (nSPS) is 11.9. The molecule has 0 aliphatic heterocycles. The van der Waals surface area contributed by atoms with Crippen molar-refractivity contribution in [3.8, 4) is 28.5 Å². The van der Waals surface area contributed by atoms with Crippen LogP contribution in [0, 0.1) is 0 Å². The molecule has 0 unspecified atom stereocenters. The van der Waals surface area contributed by atoms with Crippen LogP contribution in [0.4, 0.5) is 13.2 Å². The first-order valence-electron chi connectivity index (χ1n) is 9.22. The van der Waals surface area contributed by atoms with Crippen LogP contribution in [0.3, 0.4) is 0 Å². The van der Waals surface area contributed by atoms with E-state index in [4.69, 9.17) is 23.2 Å². The summed E-state index contributed by atoms with van der Waals surface area (Å²) in [4.78, 5) is 4.68. The topological polar surface area (TPSA) is 60.9 Å². The first-order valence-corrected chi connectivity index (χ1v) is 9.97. The second kappa shape index (κ2) is 7.61. The molecule has 0 N–H and O–H groups in total. The first kappa shape index (κ1) is 20.5. The molecule has 0 bridgehead atoms. The second-order valence-corrected chi connectivity index (χ2v) is 7.66. The zero-order valence-electron chi connectivity index (χ0n) is 15.9. The average Bonchev–Trinajstić information content (AvgIpc) is 3.39. The number of halogens is 5. The lowest BCUT2D eigenvalue weighted by atomic mass is 10.1. The molecular weight excluding hydrogens is 464 g/mol. The van der Waals surface area contributed by atoms with Crippen molar-refractivity contribution in [3.63, 3.8) is 0 Å². The van der Waals surface area contributed by atoms with Crippen LogP contribution >= 0.6 is 23.2 Å². The van der Waals surface area contributed by atoms with Crippen molar-refractivity contribution in [1.29, 1.82) is 0 Å². The molecule has 11 heteroatoms. The fraction of sp³-hybridized carbons (Fsp3) is 0.0476. The Labute approximate surface area is 188 Å². The molecule has 0 saturated carbocycles. The van der Waals surface area contributed by atoms with E-state index in [2.05, 4.69) is 20.5 Å². The summed E-state index contributed by atoms with van der Waals surface area (Å²) in [5, 5.41) is 12.8. The number of alkyl halides is 3. The molecule has 6 nitrogen and oxygen atoms in total. The summed E-state index contributed by atoms with van der Waals surface area (Å²) in [6, 6.07) is 15.0. The van der Waals surface area contributed by atoms with Gasteiger partial charge < -0.3 is 0 Å². The lowest BCUT2D eigenvalue weighted by Crippen LogP contribution is -2.06. The van der Waals surface area contributed by atoms with Gasteiger partial charge in [-0.05, 0) is 65.0 Å². The van der Waals surface area contributed by atoms with E-state index in [1.54, 1.807) is 34.9 Å². The van der Waals surface area contributed by atoms with Crippen LogP contribution in [0.1, 0.15) is 5.56 Å². The molecule has 160 valence electrons. The summed E-state index contributed by atoms with van der Waals surface area (Å²) in [6.07, 6.45) is -2.66. The van der Waals surface area contributed by atoms with Crippen molar-refractivity contribution in [3.05, 3.63) is 82.5 Å². The minimum atomic E-state index is -4.44. The van der Waals surface area contributed by atoms with Crippen molar-refractivity contribution < 1.29 is 13.2 Å². The summed E-state index contributed by atoms with van der Waals surface area (Å²) in [5.41, 5.74) is 1.75. The smallest absolute Gasteiger partial charge is 0.296 e. The van der Waals surface area contributed by atoms with E-state index in [0.717, 1.165) is 12.1 Å². The summed E-state index contributed by atoms with van der Waals surface area (Å²) in [7, 11) is 0. The molecule has 5 aromatic rings. The van der Waals surface area contributed by atoms with Crippen LogP contribution in [0.15, 0.2) is 66.9 Å². The number of hydrogen-bond acceptors (Lipinski definition) is 4. The highest BCUT2D eigenvalue weighted by molar-refractivity contribution is 6.35. The van der Waals surface area contributed by atoms with Crippen molar-refractivity contribution in [2.45, 2.75) is 6.18 Å². The third-order valence-electron chi connectivity index (χ3n) is 4.83. The van der Waals surface area contributed by atoms with E-state index >= 15 is 0 Å². The van der Waals surface area contributed by atoms with Gasteiger partial charge in [0.2, 0.25) is 5.82 Å². The van der Waals surface area contributed by atoms with E-state index in [1.807, 2.05) is 12.1 Å². The van der Waals surface area contributed by atoms with Crippen molar-refractivity contribution >= 4 is 28.8 Å². The predicted molar refractivity (Wildman–Crippen MR) is 114 cm³/mol. The number of hydrogen-bond donors (Lipinski definition) is 0. The largest absolute Gasteiger partial charge is 0.416 e. The molecule has 0 radical (unpaired) electrons. The zero-order valence-corrected chi connectivity index (χ0v) is 17.4. The quantitative estimate of drug-likeness (QED) is 0.323. The van der Waals surface area contributed by atoms with Crippen molar-refractivity contribution in [2.75, 3.05) is 0 Å². The number of rotatable bonds is 3. The molecule has 0 aliphatic rings. The minimum Gasteiger partial charge on any atom is -0.296 e. The molecule has 5 rings (SSSR count). The molecule has 0 saturated heterocycles. The van der Waals surface area contributed by atoms with Gasteiger partial charge in [0.05, 0.1) is 16.3 Å². The molecule has 0 fully saturated rings.